The third-order valence-electron chi connectivity index (χ3n) is 7.19. The summed E-state index contributed by atoms with van der Waals surface area (Å²) >= 11 is 3.42. The number of benzene rings is 2. The zero-order chi connectivity index (χ0) is 29.0. The Balaban J connectivity index is 1.54. The summed E-state index contributed by atoms with van der Waals surface area (Å²) in [5, 5.41) is 8.67. The van der Waals surface area contributed by atoms with E-state index in [-0.39, 0.29) is 29.7 Å². The summed E-state index contributed by atoms with van der Waals surface area (Å²) in [7, 11) is 0. The minimum atomic E-state index is -0.927. The van der Waals surface area contributed by atoms with Crippen molar-refractivity contribution in [3.8, 4) is 0 Å². The first-order chi connectivity index (χ1) is 18.9. The van der Waals surface area contributed by atoms with Gasteiger partial charge in [0.15, 0.2) is 0 Å². The smallest absolute Gasteiger partial charge is 0.407 e. The lowest BCUT2D eigenvalue weighted by atomic mass is 9.81. The predicted octanol–water partition coefficient (Wildman–Crippen LogP) is 4.38. The van der Waals surface area contributed by atoms with Gasteiger partial charge in [0.1, 0.15) is 11.6 Å². The highest BCUT2D eigenvalue weighted by Gasteiger charge is 2.36. The number of H-pyrrole nitrogens is 2. The fourth-order valence-electron chi connectivity index (χ4n) is 5.15. The van der Waals surface area contributed by atoms with Gasteiger partial charge >= 0.3 is 6.09 Å². The highest BCUT2D eigenvalue weighted by Crippen LogP contribution is 2.33. The van der Waals surface area contributed by atoms with Gasteiger partial charge in [-0.2, -0.15) is 0 Å². The third-order valence-corrected chi connectivity index (χ3v) is 7.72. The van der Waals surface area contributed by atoms with Gasteiger partial charge in [-0.05, 0) is 88.3 Å². The number of nitrogens with two attached hydrogens (primary N) is 1. The van der Waals surface area contributed by atoms with E-state index in [9.17, 15) is 19.2 Å². The maximum Gasteiger partial charge on any atom is 0.407 e. The zero-order valence-electron chi connectivity index (χ0n) is 23.0. The fraction of sp³-hybridized carbons (Fsp3) is 0.448. The molecule has 1 aliphatic carbocycles. The second-order valence-corrected chi connectivity index (χ2v) is 12.3. The van der Waals surface area contributed by atoms with Crippen LogP contribution in [0, 0.1) is 11.8 Å². The first-order valence-corrected chi connectivity index (χ1v) is 14.2. The lowest BCUT2D eigenvalue weighted by molar-refractivity contribution is -0.127. The third kappa shape index (κ3) is 7.32. The topological polar surface area (TPSA) is 150 Å². The number of alkyl carbamates (subject to hydrolysis) is 1. The molecule has 2 aromatic carbocycles. The average molecular weight is 615 g/mol. The van der Waals surface area contributed by atoms with E-state index in [1.54, 1.807) is 18.2 Å². The van der Waals surface area contributed by atoms with Crippen LogP contribution in [0.25, 0.3) is 10.9 Å². The van der Waals surface area contributed by atoms with Crippen molar-refractivity contribution in [2.45, 2.75) is 64.5 Å². The van der Waals surface area contributed by atoms with Crippen LogP contribution >= 0.6 is 15.9 Å². The van der Waals surface area contributed by atoms with Gasteiger partial charge in [-0.1, -0.05) is 28.1 Å². The van der Waals surface area contributed by atoms with Crippen LogP contribution in [0.3, 0.4) is 0 Å². The SMILES string of the molecule is CC(C)(C)OC(=O)NC[C@H]1CC[C@H](C(=O)N(c2ccc3c(=O)[nH][nH]c3c2)[C@@H](Cc2ccc(Br)cc2)C(N)=O)CC1. The summed E-state index contributed by atoms with van der Waals surface area (Å²) in [6.45, 7) is 5.93. The lowest BCUT2D eigenvalue weighted by Crippen LogP contribution is -2.52. The van der Waals surface area contributed by atoms with E-state index in [1.165, 1.54) is 4.90 Å². The lowest BCUT2D eigenvalue weighted by Gasteiger charge is -2.35. The number of nitrogens with zero attached hydrogens (tertiary/aromatic N) is 1. The highest BCUT2D eigenvalue weighted by molar-refractivity contribution is 9.10. The fourth-order valence-corrected chi connectivity index (χ4v) is 5.41. The zero-order valence-corrected chi connectivity index (χ0v) is 24.5. The standard InChI is InChI=1S/C29H36BrN5O5/c1-29(2,3)40-28(39)32-16-18-4-8-19(9-5-18)27(38)35(21-12-13-22-23(15-21)33-34-26(22)37)24(25(31)36)14-17-6-10-20(30)11-7-17/h6-7,10-13,15,18-19,24H,4-5,8-9,14,16H2,1-3H3,(H2,31,36)(H,32,39)(H2,33,34,37)/t18-,19-,24-/m0/s1. The summed E-state index contributed by atoms with van der Waals surface area (Å²) in [5.74, 6) is -0.891. The van der Waals surface area contributed by atoms with Crippen LogP contribution < -0.4 is 21.5 Å². The van der Waals surface area contributed by atoms with Crippen molar-refractivity contribution in [2.75, 3.05) is 11.4 Å². The van der Waals surface area contributed by atoms with Gasteiger partial charge in [-0.15, -0.1) is 0 Å². The molecule has 0 bridgehead atoms. The molecule has 1 aliphatic rings. The quantitative estimate of drug-likeness (QED) is 0.297. The first-order valence-electron chi connectivity index (χ1n) is 13.5. The van der Waals surface area contributed by atoms with E-state index in [0.29, 0.717) is 36.0 Å². The van der Waals surface area contributed by atoms with E-state index in [0.717, 1.165) is 22.9 Å². The molecule has 1 aromatic heterocycles. The maximum absolute atomic E-state index is 14.1. The van der Waals surface area contributed by atoms with Crippen LogP contribution in [-0.2, 0) is 20.7 Å². The summed E-state index contributed by atoms with van der Waals surface area (Å²) in [6, 6.07) is 11.6. The normalized spacial score (nSPS) is 18.2. The Morgan fingerprint density at radius 3 is 2.38 bits per heavy atom. The maximum atomic E-state index is 14.1. The first kappa shape index (κ1) is 29.4. The monoisotopic (exact) mass is 613 g/mol. The van der Waals surface area contributed by atoms with Gasteiger partial charge in [0, 0.05) is 29.0 Å². The minimum Gasteiger partial charge on any atom is -0.444 e. The van der Waals surface area contributed by atoms with E-state index in [4.69, 9.17) is 10.5 Å². The van der Waals surface area contributed by atoms with Gasteiger partial charge in [-0.25, -0.2) is 4.79 Å². The Morgan fingerprint density at radius 2 is 1.75 bits per heavy atom. The second-order valence-electron chi connectivity index (χ2n) is 11.4. The largest absolute Gasteiger partial charge is 0.444 e. The van der Waals surface area contributed by atoms with Crippen molar-refractivity contribution >= 4 is 50.4 Å². The number of aromatic amines is 2. The van der Waals surface area contributed by atoms with Crippen LogP contribution in [0.2, 0.25) is 0 Å². The molecule has 1 heterocycles. The number of aromatic nitrogens is 2. The molecule has 5 N–H and O–H groups in total. The van der Waals surface area contributed by atoms with Crippen LogP contribution in [0.5, 0.6) is 0 Å². The summed E-state index contributed by atoms with van der Waals surface area (Å²) < 4.78 is 6.23. The molecular formula is C29H36BrN5O5. The number of fused-ring (bicyclic) bond motifs is 1. The average Bonchev–Trinajstić information content (AvgIpc) is 3.27. The number of ether oxygens (including phenoxy) is 1. The van der Waals surface area contributed by atoms with Crippen molar-refractivity contribution in [3.63, 3.8) is 0 Å². The highest BCUT2D eigenvalue weighted by atomic mass is 79.9. The molecule has 0 unspecified atom stereocenters. The molecule has 1 saturated carbocycles. The molecular weight excluding hydrogens is 578 g/mol. The Morgan fingerprint density at radius 1 is 1.07 bits per heavy atom. The summed E-state index contributed by atoms with van der Waals surface area (Å²) in [5.41, 5.74) is 6.96. The van der Waals surface area contributed by atoms with E-state index >= 15 is 0 Å². The van der Waals surface area contributed by atoms with Crippen molar-refractivity contribution < 1.29 is 19.1 Å². The molecule has 10 nitrogen and oxygen atoms in total. The number of carbonyl (C=O) groups excluding carboxylic acids is 3. The molecule has 11 heteroatoms. The molecule has 1 fully saturated rings. The number of hydrogen-bond acceptors (Lipinski definition) is 5. The van der Waals surface area contributed by atoms with Gasteiger partial charge in [-0.3, -0.25) is 29.5 Å². The van der Waals surface area contributed by atoms with Crippen molar-refractivity contribution in [2.24, 2.45) is 17.6 Å². The van der Waals surface area contributed by atoms with E-state index in [1.807, 2.05) is 45.0 Å². The van der Waals surface area contributed by atoms with Crippen molar-refractivity contribution in [1.82, 2.24) is 15.5 Å². The summed E-state index contributed by atoms with van der Waals surface area (Å²) in [4.78, 5) is 52.6. The number of amides is 3. The Kier molecular flexibility index (Phi) is 9.02. The Hall–Kier alpha value is -3.60. The van der Waals surface area contributed by atoms with Crippen molar-refractivity contribution in [3.05, 3.63) is 62.9 Å². The number of nitrogens with one attached hydrogen (secondary N) is 3. The molecule has 214 valence electrons. The number of anilines is 1. The molecule has 0 radical (unpaired) electrons. The molecule has 0 saturated heterocycles. The molecule has 0 aliphatic heterocycles. The molecule has 4 rings (SSSR count). The van der Waals surface area contributed by atoms with Gasteiger partial charge in [0.05, 0.1) is 10.9 Å². The summed E-state index contributed by atoms with van der Waals surface area (Å²) in [6.07, 6.45) is 2.51. The Labute approximate surface area is 241 Å². The van der Waals surface area contributed by atoms with Gasteiger partial charge in [0.25, 0.3) is 5.56 Å². The van der Waals surface area contributed by atoms with Gasteiger partial charge in [0.2, 0.25) is 11.8 Å². The van der Waals surface area contributed by atoms with Gasteiger partial charge < -0.3 is 15.8 Å². The Bertz CT molecular complexity index is 1420. The number of halogens is 1. The van der Waals surface area contributed by atoms with E-state index < -0.39 is 23.6 Å². The minimum absolute atomic E-state index is 0.184. The number of primary amides is 1. The molecule has 1 atom stereocenters. The van der Waals surface area contributed by atoms with Crippen LogP contribution in [0.4, 0.5) is 10.5 Å². The second kappa shape index (κ2) is 12.3. The van der Waals surface area contributed by atoms with Crippen LogP contribution in [0.15, 0.2) is 51.7 Å². The number of hydrogen-bond donors (Lipinski definition) is 4. The number of rotatable bonds is 8. The molecule has 3 aromatic rings. The molecule has 3 amide bonds. The van der Waals surface area contributed by atoms with Crippen molar-refractivity contribution in [1.29, 1.82) is 0 Å². The van der Waals surface area contributed by atoms with E-state index in [2.05, 4.69) is 31.4 Å². The molecule has 0 spiro atoms. The molecule has 40 heavy (non-hydrogen) atoms. The van der Waals surface area contributed by atoms with Crippen LogP contribution in [-0.4, -0.2) is 46.3 Å². The van der Waals surface area contributed by atoms with Crippen LogP contribution in [0.1, 0.15) is 52.0 Å². The number of carbonyl (C=O) groups is 3. The predicted molar refractivity (Wildman–Crippen MR) is 157 cm³/mol.